The SMILES string of the molecule is CC1CSCCN1Cc1occc1C(=O)NN. The highest BCUT2D eigenvalue weighted by Crippen LogP contribution is 2.20. The van der Waals surface area contributed by atoms with Gasteiger partial charge in [-0.05, 0) is 13.0 Å². The number of rotatable bonds is 3. The summed E-state index contributed by atoms with van der Waals surface area (Å²) < 4.78 is 5.37. The summed E-state index contributed by atoms with van der Waals surface area (Å²) in [6, 6.07) is 2.16. The molecule has 2 rings (SSSR count). The van der Waals surface area contributed by atoms with Crippen LogP contribution < -0.4 is 11.3 Å². The molecule has 1 unspecified atom stereocenters. The molecular weight excluding hydrogens is 238 g/mol. The lowest BCUT2D eigenvalue weighted by atomic mass is 10.2. The van der Waals surface area contributed by atoms with Gasteiger partial charge in [-0.15, -0.1) is 0 Å². The summed E-state index contributed by atoms with van der Waals surface area (Å²) in [4.78, 5) is 13.8. The predicted molar refractivity (Wildman–Crippen MR) is 67.6 cm³/mol. The molecule has 1 aromatic heterocycles. The zero-order valence-electron chi connectivity index (χ0n) is 9.81. The van der Waals surface area contributed by atoms with Gasteiger partial charge >= 0.3 is 0 Å². The van der Waals surface area contributed by atoms with Crippen LogP contribution >= 0.6 is 11.8 Å². The zero-order chi connectivity index (χ0) is 12.3. The Labute approximate surface area is 105 Å². The zero-order valence-corrected chi connectivity index (χ0v) is 10.6. The van der Waals surface area contributed by atoms with E-state index >= 15 is 0 Å². The minimum absolute atomic E-state index is 0.298. The third-order valence-electron chi connectivity index (χ3n) is 2.97. The average Bonchev–Trinajstić information content (AvgIpc) is 2.79. The molecule has 0 radical (unpaired) electrons. The number of carbonyl (C=O) groups excluding carboxylic acids is 1. The Hall–Kier alpha value is -0.980. The molecule has 1 fully saturated rings. The molecule has 1 aliphatic heterocycles. The quantitative estimate of drug-likeness (QED) is 0.475. The maximum Gasteiger partial charge on any atom is 0.268 e. The van der Waals surface area contributed by atoms with Gasteiger partial charge in [0, 0.05) is 24.1 Å². The van der Waals surface area contributed by atoms with Crippen LogP contribution in [0.4, 0.5) is 0 Å². The maximum atomic E-state index is 11.5. The predicted octanol–water partition coefficient (Wildman–Crippen LogP) is 0.820. The molecule has 0 bridgehead atoms. The van der Waals surface area contributed by atoms with Crippen LogP contribution in [0.3, 0.4) is 0 Å². The van der Waals surface area contributed by atoms with Gasteiger partial charge in [0.2, 0.25) is 0 Å². The molecule has 1 atom stereocenters. The van der Waals surface area contributed by atoms with Gasteiger partial charge in [0.15, 0.2) is 0 Å². The van der Waals surface area contributed by atoms with Crippen molar-refractivity contribution in [2.24, 2.45) is 5.84 Å². The number of furan rings is 1. The van der Waals surface area contributed by atoms with Gasteiger partial charge in [0.25, 0.3) is 5.91 Å². The topological polar surface area (TPSA) is 71.5 Å². The summed E-state index contributed by atoms with van der Waals surface area (Å²) in [6.07, 6.45) is 1.53. The van der Waals surface area contributed by atoms with Crippen molar-refractivity contribution in [2.75, 3.05) is 18.1 Å². The largest absolute Gasteiger partial charge is 0.467 e. The second-order valence-corrected chi connectivity index (χ2v) is 5.28. The summed E-state index contributed by atoms with van der Waals surface area (Å²) in [5.41, 5.74) is 2.66. The van der Waals surface area contributed by atoms with E-state index in [1.165, 1.54) is 6.26 Å². The van der Waals surface area contributed by atoms with E-state index in [9.17, 15) is 4.79 Å². The van der Waals surface area contributed by atoms with E-state index in [2.05, 4.69) is 17.2 Å². The van der Waals surface area contributed by atoms with Gasteiger partial charge in [-0.1, -0.05) is 0 Å². The Kier molecular flexibility index (Phi) is 4.09. The van der Waals surface area contributed by atoms with E-state index in [0.29, 0.717) is 23.9 Å². The Morgan fingerprint density at radius 2 is 2.59 bits per heavy atom. The Morgan fingerprint density at radius 3 is 3.29 bits per heavy atom. The van der Waals surface area contributed by atoms with Crippen LogP contribution in [0.5, 0.6) is 0 Å². The normalized spacial score (nSPS) is 21.4. The van der Waals surface area contributed by atoms with Crippen LogP contribution in [-0.4, -0.2) is 34.9 Å². The number of hydrogen-bond acceptors (Lipinski definition) is 5. The summed E-state index contributed by atoms with van der Waals surface area (Å²) in [5, 5.41) is 0. The lowest BCUT2D eigenvalue weighted by Crippen LogP contribution is -2.40. The first-order valence-electron chi connectivity index (χ1n) is 5.61. The van der Waals surface area contributed by atoms with Gasteiger partial charge in [0.05, 0.1) is 18.4 Å². The van der Waals surface area contributed by atoms with Crippen molar-refractivity contribution in [1.82, 2.24) is 10.3 Å². The molecular formula is C11H17N3O2S. The molecule has 0 spiro atoms. The van der Waals surface area contributed by atoms with Gasteiger partial charge < -0.3 is 4.42 Å². The number of hydrogen-bond donors (Lipinski definition) is 2. The molecule has 1 saturated heterocycles. The monoisotopic (exact) mass is 255 g/mol. The van der Waals surface area contributed by atoms with E-state index in [-0.39, 0.29) is 5.91 Å². The van der Waals surface area contributed by atoms with Crippen molar-refractivity contribution in [3.8, 4) is 0 Å². The second kappa shape index (κ2) is 5.57. The summed E-state index contributed by atoms with van der Waals surface area (Å²) in [6.45, 7) is 3.88. The molecule has 1 aromatic rings. The van der Waals surface area contributed by atoms with Gasteiger partial charge in [-0.2, -0.15) is 11.8 Å². The molecule has 3 N–H and O–H groups in total. The molecule has 2 heterocycles. The first kappa shape index (κ1) is 12.5. The van der Waals surface area contributed by atoms with Crippen LogP contribution in [0, 0.1) is 0 Å². The average molecular weight is 255 g/mol. The Morgan fingerprint density at radius 1 is 1.76 bits per heavy atom. The van der Waals surface area contributed by atoms with Crippen molar-refractivity contribution >= 4 is 17.7 Å². The van der Waals surface area contributed by atoms with Crippen LogP contribution in [0.2, 0.25) is 0 Å². The Bertz CT molecular complexity index is 394. The van der Waals surface area contributed by atoms with Crippen LogP contribution in [-0.2, 0) is 6.54 Å². The smallest absolute Gasteiger partial charge is 0.268 e. The fourth-order valence-electron chi connectivity index (χ4n) is 1.92. The molecule has 0 aromatic carbocycles. The lowest BCUT2D eigenvalue weighted by molar-refractivity contribution is 0.0949. The van der Waals surface area contributed by atoms with E-state index in [1.54, 1.807) is 6.07 Å². The number of nitrogens with one attached hydrogen (secondary N) is 1. The molecule has 1 amide bonds. The highest BCUT2D eigenvalue weighted by atomic mass is 32.2. The van der Waals surface area contributed by atoms with Crippen molar-refractivity contribution in [2.45, 2.75) is 19.5 Å². The number of thioether (sulfide) groups is 1. The first-order valence-corrected chi connectivity index (χ1v) is 6.77. The fraction of sp³-hybridized carbons (Fsp3) is 0.545. The van der Waals surface area contributed by atoms with E-state index in [0.717, 1.165) is 18.1 Å². The van der Waals surface area contributed by atoms with Gasteiger partial charge in [-0.3, -0.25) is 15.1 Å². The fourth-order valence-corrected chi connectivity index (χ4v) is 3.01. The summed E-state index contributed by atoms with van der Waals surface area (Å²) >= 11 is 1.96. The number of nitrogens with zero attached hydrogens (tertiary/aromatic N) is 1. The third-order valence-corrected chi connectivity index (χ3v) is 4.16. The standard InChI is InChI=1S/C11H17N3O2S/c1-8-7-17-5-3-14(8)6-10-9(2-4-16-10)11(15)13-12/h2,4,8H,3,5-7,12H2,1H3,(H,13,15). The summed E-state index contributed by atoms with van der Waals surface area (Å²) in [7, 11) is 0. The lowest BCUT2D eigenvalue weighted by Gasteiger charge is -2.32. The number of carbonyl (C=O) groups is 1. The third kappa shape index (κ3) is 2.83. The van der Waals surface area contributed by atoms with Crippen molar-refractivity contribution in [3.63, 3.8) is 0 Å². The van der Waals surface area contributed by atoms with E-state index < -0.39 is 0 Å². The molecule has 5 nitrogen and oxygen atoms in total. The highest BCUT2D eigenvalue weighted by molar-refractivity contribution is 7.99. The molecule has 17 heavy (non-hydrogen) atoms. The number of amides is 1. The minimum Gasteiger partial charge on any atom is -0.467 e. The van der Waals surface area contributed by atoms with Gasteiger partial charge in [0.1, 0.15) is 5.76 Å². The highest BCUT2D eigenvalue weighted by Gasteiger charge is 2.22. The number of hydrazine groups is 1. The molecule has 0 saturated carbocycles. The molecule has 1 aliphatic rings. The maximum absolute atomic E-state index is 11.5. The first-order chi connectivity index (χ1) is 8.22. The number of nitrogen functional groups attached to an aromatic ring is 1. The molecule has 6 heteroatoms. The molecule has 0 aliphatic carbocycles. The van der Waals surface area contributed by atoms with Gasteiger partial charge in [-0.25, -0.2) is 5.84 Å². The Balaban J connectivity index is 2.07. The van der Waals surface area contributed by atoms with Crippen LogP contribution in [0.1, 0.15) is 23.0 Å². The van der Waals surface area contributed by atoms with Crippen molar-refractivity contribution < 1.29 is 9.21 Å². The van der Waals surface area contributed by atoms with Crippen molar-refractivity contribution in [3.05, 3.63) is 23.7 Å². The van der Waals surface area contributed by atoms with Crippen LogP contribution in [0.25, 0.3) is 0 Å². The van der Waals surface area contributed by atoms with Crippen molar-refractivity contribution in [1.29, 1.82) is 0 Å². The molecule has 94 valence electrons. The minimum atomic E-state index is -0.298. The second-order valence-electron chi connectivity index (χ2n) is 4.13. The van der Waals surface area contributed by atoms with Crippen LogP contribution in [0.15, 0.2) is 16.7 Å². The van der Waals surface area contributed by atoms with E-state index in [4.69, 9.17) is 10.3 Å². The number of nitrogens with two attached hydrogens (primary N) is 1. The summed E-state index contributed by atoms with van der Waals surface area (Å²) in [5.74, 6) is 7.78. The van der Waals surface area contributed by atoms with E-state index in [1.807, 2.05) is 11.8 Å².